The van der Waals surface area contributed by atoms with Gasteiger partial charge in [0.05, 0.1) is 12.3 Å². The summed E-state index contributed by atoms with van der Waals surface area (Å²) < 4.78 is 19.3. The first kappa shape index (κ1) is 10.5. The molecule has 2 atom stereocenters. The third kappa shape index (κ3) is 1.67. The van der Waals surface area contributed by atoms with Gasteiger partial charge in [0, 0.05) is 23.6 Å². The lowest BCUT2D eigenvalue weighted by Crippen LogP contribution is -2.32. The summed E-state index contributed by atoms with van der Waals surface area (Å²) in [7, 11) is 0. The summed E-state index contributed by atoms with van der Waals surface area (Å²) in [5.74, 6) is 1.13. The molecule has 1 aromatic carbocycles. The number of hydrogen-bond donors (Lipinski definition) is 1. The lowest BCUT2D eigenvalue weighted by molar-refractivity contribution is 0.408. The maximum absolute atomic E-state index is 13.8. The van der Waals surface area contributed by atoms with Gasteiger partial charge in [-0.1, -0.05) is 25.1 Å². The van der Waals surface area contributed by atoms with Crippen molar-refractivity contribution in [2.45, 2.75) is 18.9 Å². The molecule has 2 nitrogen and oxygen atoms in total. The highest BCUT2D eigenvalue weighted by Gasteiger charge is 2.29. The lowest BCUT2D eigenvalue weighted by Gasteiger charge is -2.27. The van der Waals surface area contributed by atoms with E-state index in [1.165, 1.54) is 6.07 Å². The Morgan fingerprint density at radius 1 is 1.24 bits per heavy atom. The Morgan fingerprint density at radius 2 is 2.06 bits per heavy atom. The van der Waals surface area contributed by atoms with Crippen LogP contribution in [-0.2, 0) is 0 Å². The number of furan rings is 1. The van der Waals surface area contributed by atoms with Crippen molar-refractivity contribution in [3.63, 3.8) is 0 Å². The van der Waals surface area contributed by atoms with Crippen molar-refractivity contribution in [2.24, 2.45) is 0 Å². The van der Waals surface area contributed by atoms with Gasteiger partial charge < -0.3 is 9.73 Å². The number of rotatable bonds is 1. The maximum atomic E-state index is 13.8. The molecule has 88 valence electrons. The van der Waals surface area contributed by atoms with Crippen molar-refractivity contribution in [1.82, 2.24) is 5.32 Å². The van der Waals surface area contributed by atoms with E-state index < -0.39 is 0 Å². The van der Waals surface area contributed by atoms with E-state index in [-0.39, 0.29) is 11.9 Å². The molecule has 0 saturated carbocycles. The van der Waals surface area contributed by atoms with Crippen LogP contribution >= 0.6 is 0 Å². The summed E-state index contributed by atoms with van der Waals surface area (Å²) in [4.78, 5) is 0. The molecule has 0 aliphatic carbocycles. The summed E-state index contributed by atoms with van der Waals surface area (Å²) in [5.41, 5.74) is 1.73. The monoisotopic (exact) mass is 231 g/mol. The lowest BCUT2D eigenvalue weighted by atomic mass is 9.90. The van der Waals surface area contributed by atoms with Crippen LogP contribution in [-0.4, -0.2) is 6.54 Å². The van der Waals surface area contributed by atoms with Gasteiger partial charge in [-0.15, -0.1) is 0 Å². The van der Waals surface area contributed by atoms with E-state index in [4.69, 9.17) is 4.42 Å². The molecule has 2 aromatic rings. The third-order valence-electron chi connectivity index (χ3n) is 3.33. The Hall–Kier alpha value is -1.61. The van der Waals surface area contributed by atoms with Crippen LogP contribution in [0.5, 0.6) is 0 Å². The van der Waals surface area contributed by atoms with Gasteiger partial charge in [-0.25, -0.2) is 4.39 Å². The molecule has 1 N–H and O–H groups in total. The van der Waals surface area contributed by atoms with Crippen molar-refractivity contribution in [3.8, 4) is 0 Å². The number of halogens is 1. The standard InChI is InChI=1S/C14H14FNO/c1-9-8-16-13(11-6-7-17-14(9)11)10-4-2-3-5-12(10)15/h2-7,9,13,16H,8H2,1H3. The van der Waals surface area contributed by atoms with Crippen molar-refractivity contribution in [3.05, 3.63) is 59.3 Å². The van der Waals surface area contributed by atoms with Crippen LogP contribution in [0.2, 0.25) is 0 Å². The molecule has 0 fully saturated rings. The zero-order valence-corrected chi connectivity index (χ0v) is 9.61. The second kappa shape index (κ2) is 4.00. The fourth-order valence-electron chi connectivity index (χ4n) is 2.45. The van der Waals surface area contributed by atoms with E-state index in [0.717, 1.165) is 17.9 Å². The number of nitrogens with one attached hydrogen (secondary N) is 1. The van der Waals surface area contributed by atoms with Gasteiger partial charge in [0.1, 0.15) is 11.6 Å². The van der Waals surface area contributed by atoms with Crippen LogP contribution in [0.4, 0.5) is 4.39 Å². The van der Waals surface area contributed by atoms with E-state index in [9.17, 15) is 4.39 Å². The van der Waals surface area contributed by atoms with Gasteiger partial charge in [-0.05, 0) is 12.1 Å². The second-order valence-electron chi connectivity index (χ2n) is 4.50. The van der Waals surface area contributed by atoms with Crippen molar-refractivity contribution in [2.75, 3.05) is 6.54 Å². The molecule has 3 rings (SSSR count). The molecular formula is C14H14FNO. The van der Waals surface area contributed by atoms with Crippen molar-refractivity contribution >= 4 is 0 Å². The number of fused-ring (bicyclic) bond motifs is 1. The Balaban J connectivity index is 2.08. The zero-order chi connectivity index (χ0) is 11.8. The van der Waals surface area contributed by atoms with Gasteiger partial charge in [0.25, 0.3) is 0 Å². The fourth-order valence-corrected chi connectivity index (χ4v) is 2.45. The Bertz CT molecular complexity index is 535. The SMILES string of the molecule is CC1CNC(c2ccccc2F)c2ccoc21. The quantitative estimate of drug-likeness (QED) is 0.815. The van der Waals surface area contributed by atoms with E-state index in [2.05, 4.69) is 12.2 Å². The van der Waals surface area contributed by atoms with Gasteiger partial charge in [-0.2, -0.15) is 0 Å². The molecule has 0 saturated heterocycles. The summed E-state index contributed by atoms with van der Waals surface area (Å²) >= 11 is 0. The Kier molecular flexibility index (Phi) is 2.48. The average molecular weight is 231 g/mol. The number of hydrogen-bond acceptors (Lipinski definition) is 2. The number of benzene rings is 1. The summed E-state index contributed by atoms with van der Waals surface area (Å²) in [5, 5.41) is 3.37. The van der Waals surface area contributed by atoms with E-state index >= 15 is 0 Å². The summed E-state index contributed by atoms with van der Waals surface area (Å²) in [6.07, 6.45) is 1.68. The molecule has 2 heterocycles. The predicted octanol–water partition coefficient (Wildman–Crippen LogP) is 3.21. The molecule has 0 amide bonds. The third-order valence-corrected chi connectivity index (χ3v) is 3.33. The highest BCUT2D eigenvalue weighted by atomic mass is 19.1. The predicted molar refractivity (Wildman–Crippen MR) is 63.4 cm³/mol. The van der Waals surface area contributed by atoms with E-state index in [0.29, 0.717) is 11.5 Å². The zero-order valence-electron chi connectivity index (χ0n) is 9.61. The van der Waals surface area contributed by atoms with Crippen LogP contribution in [0.15, 0.2) is 41.0 Å². The molecule has 0 bridgehead atoms. The van der Waals surface area contributed by atoms with Crippen molar-refractivity contribution in [1.29, 1.82) is 0 Å². The first-order chi connectivity index (χ1) is 8.27. The molecular weight excluding hydrogens is 217 g/mol. The van der Waals surface area contributed by atoms with Crippen LogP contribution in [0.25, 0.3) is 0 Å². The first-order valence-corrected chi connectivity index (χ1v) is 5.82. The molecule has 3 heteroatoms. The van der Waals surface area contributed by atoms with Crippen LogP contribution in [0, 0.1) is 5.82 Å². The molecule has 1 aliphatic rings. The molecule has 0 spiro atoms. The molecule has 1 aromatic heterocycles. The van der Waals surface area contributed by atoms with Gasteiger partial charge >= 0.3 is 0 Å². The molecule has 0 radical (unpaired) electrons. The van der Waals surface area contributed by atoms with Gasteiger partial charge in [0.2, 0.25) is 0 Å². The minimum atomic E-state index is -0.174. The normalized spacial score (nSPS) is 23.4. The minimum absolute atomic E-state index is 0.0962. The molecule has 17 heavy (non-hydrogen) atoms. The summed E-state index contributed by atoms with van der Waals surface area (Å²) in [6.45, 7) is 2.91. The molecule has 2 unspecified atom stereocenters. The van der Waals surface area contributed by atoms with E-state index in [1.54, 1.807) is 12.3 Å². The Labute approximate surface area is 99.5 Å². The topological polar surface area (TPSA) is 25.2 Å². The van der Waals surface area contributed by atoms with E-state index in [1.807, 2.05) is 18.2 Å². The fraction of sp³-hybridized carbons (Fsp3) is 0.286. The average Bonchev–Trinajstić information content (AvgIpc) is 2.81. The van der Waals surface area contributed by atoms with Gasteiger partial charge in [-0.3, -0.25) is 0 Å². The van der Waals surface area contributed by atoms with Crippen LogP contribution in [0.3, 0.4) is 0 Å². The Morgan fingerprint density at radius 3 is 2.88 bits per heavy atom. The second-order valence-corrected chi connectivity index (χ2v) is 4.50. The van der Waals surface area contributed by atoms with Crippen molar-refractivity contribution < 1.29 is 8.81 Å². The highest BCUT2D eigenvalue weighted by molar-refractivity contribution is 5.37. The van der Waals surface area contributed by atoms with Crippen LogP contribution < -0.4 is 5.32 Å². The maximum Gasteiger partial charge on any atom is 0.128 e. The van der Waals surface area contributed by atoms with Gasteiger partial charge in [0.15, 0.2) is 0 Å². The van der Waals surface area contributed by atoms with Crippen LogP contribution in [0.1, 0.15) is 35.8 Å². The highest BCUT2D eigenvalue weighted by Crippen LogP contribution is 2.35. The summed E-state index contributed by atoms with van der Waals surface area (Å²) in [6, 6.07) is 8.71. The first-order valence-electron chi connectivity index (χ1n) is 5.82. The smallest absolute Gasteiger partial charge is 0.128 e. The molecule has 1 aliphatic heterocycles. The minimum Gasteiger partial charge on any atom is -0.469 e. The largest absolute Gasteiger partial charge is 0.469 e.